The molecule has 140 valence electrons. The minimum absolute atomic E-state index is 0.0411. The van der Waals surface area contributed by atoms with Crippen LogP contribution in [0, 0.1) is 0 Å². The van der Waals surface area contributed by atoms with Crippen molar-refractivity contribution in [3.05, 3.63) is 96.1 Å². The molecule has 1 atom stereocenters. The number of benzene rings is 3. The molecular formula is C24H22N2O2. The average Bonchev–Trinajstić information content (AvgIpc) is 2.74. The van der Waals surface area contributed by atoms with Gasteiger partial charge in [-0.1, -0.05) is 66.7 Å². The highest BCUT2D eigenvalue weighted by molar-refractivity contribution is 6.11. The molecule has 1 aliphatic heterocycles. The number of fused-ring (bicyclic) bond motifs is 1. The van der Waals surface area contributed by atoms with Crippen LogP contribution in [0.3, 0.4) is 0 Å². The summed E-state index contributed by atoms with van der Waals surface area (Å²) in [6, 6.07) is 27.5. The number of carbonyl (C=O) groups is 1. The van der Waals surface area contributed by atoms with E-state index < -0.39 is 0 Å². The number of anilines is 1. The topological polar surface area (TPSA) is 41.9 Å². The van der Waals surface area contributed by atoms with E-state index in [0.717, 1.165) is 28.2 Å². The molecule has 0 aromatic heterocycles. The van der Waals surface area contributed by atoms with Crippen LogP contribution in [-0.4, -0.2) is 17.8 Å². The minimum atomic E-state index is -0.331. The lowest BCUT2D eigenvalue weighted by Crippen LogP contribution is -2.44. The van der Waals surface area contributed by atoms with Gasteiger partial charge in [0.1, 0.15) is 6.61 Å². The van der Waals surface area contributed by atoms with E-state index in [0.29, 0.717) is 6.42 Å². The maximum absolute atomic E-state index is 12.9. The molecule has 4 heteroatoms. The van der Waals surface area contributed by atoms with Gasteiger partial charge >= 0.3 is 6.09 Å². The summed E-state index contributed by atoms with van der Waals surface area (Å²) in [5, 5.41) is 0. The summed E-state index contributed by atoms with van der Waals surface area (Å²) in [4.78, 5) is 19.4. The Morgan fingerprint density at radius 1 is 0.964 bits per heavy atom. The van der Waals surface area contributed by atoms with Crippen molar-refractivity contribution in [3.63, 3.8) is 0 Å². The monoisotopic (exact) mass is 370 g/mol. The van der Waals surface area contributed by atoms with Gasteiger partial charge in [0.15, 0.2) is 0 Å². The van der Waals surface area contributed by atoms with Gasteiger partial charge in [-0.3, -0.25) is 9.89 Å². The number of para-hydroxylation sites is 2. The highest BCUT2D eigenvalue weighted by atomic mass is 16.6. The van der Waals surface area contributed by atoms with Gasteiger partial charge in [-0.05, 0) is 30.7 Å². The molecule has 0 spiro atoms. The first-order valence-corrected chi connectivity index (χ1v) is 9.44. The highest BCUT2D eigenvalue weighted by Crippen LogP contribution is 2.33. The molecule has 1 heterocycles. The Balaban J connectivity index is 1.61. The fourth-order valence-corrected chi connectivity index (χ4v) is 3.48. The van der Waals surface area contributed by atoms with Crippen LogP contribution in [0.15, 0.2) is 89.9 Å². The quantitative estimate of drug-likeness (QED) is 0.590. The van der Waals surface area contributed by atoms with E-state index in [4.69, 9.17) is 9.73 Å². The predicted molar refractivity (Wildman–Crippen MR) is 112 cm³/mol. The van der Waals surface area contributed by atoms with Crippen LogP contribution in [0.1, 0.15) is 24.5 Å². The van der Waals surface area contributed by atoms with Crippen LogP contribution in [-0.2, 0) is 11.3 Å². The van der Waals surface area contributed by atoms with Gasteiger partial charge in [0.25, 0.3) is 0 Å². The smallest absolute Gasteiger partial charge is 0.414 e. The SMILES string of the molecule is CC1CC(=Nc2ccccc2)c2ccccc2N1C(=O)OCc1ccccc1. The molecule has 0 radical (unpaired) electrons. The first kappa shape index (κ1) is 18.0. The molecule has 4 rings (SSSR count). The molecular weight excluding hydrogens is 348 g/mol. The fraction of sp³-hybridized carbons (Fsp3) is 0.167. The van der Waals surface area contributed by atoms with Crippen molar-refractivity contribution in [2.45, 2.75) is 26.0 Å². The van der Waals surface area contributed by atoms with Crippen LogP contribution >= 0.6 is 0 Å². The molecule has 1 unspecified atom stereocenters. The van der Waals surface area contributed by atoms with Crippen molar-refractivity contribution in [2.75, 3.05) is 4.90 Å². The Labute approximate surface area is 165 Å². The normalized spacial score (nSPS) is 17.2. The third kappa shape index (κ3) is 3.81. The summed E-state index contributed by atoms with van der Waals surface area (Å²) in [6.45, 7) is 2.29. The summed E-state index contributed by atoms with van der Waals surface area (Å²) in [5.74, 6) is 0. The van der Waals surface area contributed by atoms with Gasteiger partial charge in [-0.2, -0.15) is 0 Å². The second kappa shape index (κ2) is 8.09. The second-order valence-electron chi connectivity index (χ2n) is 6.87. The lowest BCUT2D eigenvalue weighted by atomic mass is 9.94. The minimum Gasteiger partial charge on any atom is -0.444 e. The number of rotatable bonds is 3. The fourth-order valence-electron chi connectivity index (χ4n) is 3.48. The number of hydrogen-bond donors (Lipinski definition) is 0. The Bertz CT molecular complexity index is 984. The van der Waals surface area contributed by atoms with Crippen LogP contribution in [0.2, 0.25) is 0 Å². The predicted octanol–water partition coefficient (Wildman–Crippen LogP) is 5.74. The Morgan fingerprint density at radius 2 is 1.61 bits per heavy atom. The van der Waals surface area contributed by atoms with Gasteiger partial charge in [0, 0.05) is 18.0 Å². The van der Waals surface area contributed by atoms with E-state index in [9.17, 15) is 4.79 Å². The molecule has 0 N–H and O–H groups in total. The molecule has 4 nitrogen and oxygen atoms in total. The zero-order valence-electron chi connectivity index (χ0n) is 15.8. The zero-order valence-corrected chi connectivity index (χ0v) is 15.8. The standard InChI is InChI=1S/C24H22N2O2/c1-18-16-22(25-20-12-6-3-7-13-20)21-14-8-9-15-23(21)26(18)24(27)28-17-19-10-4-2-5-11-19/h2-15,18H,16-17H2,1H3. The van der Waals surface area contributed by atoms with E-state index >= 15 is 0 Å². The number of ether oxygens (including phenoxy) is 1. The summed E-state index contributed by atoms with van der Waals surface area (Å²) in [5.41, 5.74) is 4.69. The van der Waals surface area contributed by atoms with Gasteiger partial charge in [0.2, 0.25) is 0 Å². The van der Waals surface area contributed by atoms with Crippen molar-refractivity contribution >= 4 is 23.2 Å². The van der Waals surface area contributed by atoms with Crippen molar-refractivity contribution < 1.29 is 9.53 Å². The van der Waals surface area contributed by atoms with Crippen molar-refractivity contribution in [1.29, 1.82) is 0 Å². The van der Waals surface area contributed by atoms with Crippen molar-refractivity contribution in [1.82, 2.24) is 0 Å². The summed E-state index contributed by atoms with van der Waals surface area (Å²) in [7, 11) is 0. The number of hydrogen-bond acceptors (Lipinski definition) is 3. The van der Waals surface area contributed by atoms with Gasteiger partial charge in [-0.25, -0.2) is 4.79 Å². The average molecular weight is 370 g/mol. The molecule has 28 heavy (non-hydrogen) atoms. The van der Waals surface area contributed by atoms with Gasteiger partial charge in [-0.15, -0.1) is 0 Å². The lowest BCUT2D eigenvalue weighted by molar-refractivity contribution is 0.145. The second-order valence-corrected chi connectivity index (χ2v) is 6.87. The van der Waals surface area contributed by atoms with E-state index in [1.165, 1.54) is 0 Å². The molecule has 1 aliphatic rings. The van der Waals surface area contributed by atoms with Crippen LogP contribution < -0.4 is 4.90 Å². The van der Waals surface area contributed by atoms with Gasteiger partial charge < -0.3 is 4.74 Å². The number of aliphatic imine (C=N–C) groups is 1. The number of nitrogens with zero attached hydrogens (tertiary/aromatic N) is 2. The third-order valence-corrected chi connectivity index (χ3v) is 4.83. The summed E-state index contributed by atoms with van der Waals surface area (Å²) in [6.07, 6.45) is 0.342. The van der Waals surface area contributed by atoms with Crippen LogP contribution in [0.4, 0.5) is 16.2 Å². The van der Waals surface area contributed by atoms with Crippen LogP contribution in [0.5, 0.6) is 0 Å². The Hall–Kier alpha value is -3.40. The van der Waals surface area contributed by atoms with Crippen molar-refractivity contribution in [2.24, 2.45) is 4.99 Å². The van der Waals surface area contributed by atoms with E-state index in [1.54, 1.807) is 4.90 Å². The van der Waals surface area contributed by atoms with E-state index in [-0.39, 0.29) is 18.7 Å². The van der Waals surface area contributed by atoms with Crippen LogP contribution in [0.25, 0.3) is 0 Å². The van der Waals surface area contributed by atoms with Crippen molar-refractivity contribution in [3.8, 4) is 0 Å². The van der Waals surface area contributed by atoms with E-state index in [1.807, 2.05) is 91.9 Å². The highest BCUT2D eigenvalue weighted by Gasteiger charge is 2.32. The first-order valence-electron chi connectivity index (χ1n) is 9.44. The van der Waals surface area contributed by atoms with Gasteiger partial charge in [0.05, 0.1) is 17.1 Å². The first-order chi connectivity index (χ1) is 13.7. The number of amides is 1. The summed E-state index contributed by atoms with van der Waals surface area (Å²) < 4.78 is 5.60. The number of carbonyl (C=O) groups excluding carboxylic acids is 1. The molecule has 3 aromatic rings. The lowest BCUT2D eigenvalue weighted by Gasteiger charge is -2.35. The molecule has 1 amide bonds. The maximum Gasteiger partial charge on any atom is 0.414 e. The zero-order chi connectivity index (χ0) is 19.3. The Morgan fingerprint density at radius 3 is 2.36 bits per heavy atom. The molecule has 0 saturated carbocycles. The Kier molecular flexibility index (Phi) is 5.20. The van der Waals surface area contributed by atoms with E-state index in [2.05, 4.69) is 0 Å². The molecule has 0 aliphatic carbocycles. The molecule has 3 aromatic carbocycles. The largest absolute Gasteiger partial charge is 0.444 e. The molecule has 0 bridgehead atoms. The summed E-state index contributed by atoms with van der Waals surface area (Å²) >= 11 is 0. The molecule has 0 saturated heterocycles. The maximum atomic E-state index is 12.9. The third-order valence-electron chi connectivity index (χ3n) is 4.83. The molecule has 0 fully saturated rings.